The van der Waals surface area contributed by atoms with Crippen LogP contribution >= 0.6 is 0 Å². The third-order valence-electron chi connectivity index (χ3n) is 3.05. The summed E-state index contributed by atoms with van der Waals surface area (Å²) in [5, 5.41) is 6.91. The Bertz CT molecular complexity index is 314. The number of ether oxygens (including phenoxy) is 1. The Hall–Kier alpha value is -0.900. The third kappa shape index (κ3) is 7.31. The molecule has 0 spiro atoms. The molecule has 0 aliphatic heterocycles. The van der Waals surface area contributed by atoms with Crippen LogP contribution in [0.4, 0.5) is 0 Å². The van der Waals surface area contributed by atoms with E-state index in [1.54, 1.807) is 7.11 Å². The van der Waals surface area contributed by atoms with Crippen molar-refractivity contribution in [3.63, 3.8) is 0 Å². The van der Waals surface area contributed by atoms with Crippen molar-refractivity contribution in [2.24, 2.45) is 5.92 Å². The van der Waals surface area contributed by atoms with Gasteiger partial charge in [0, 0.05) is 13.7 Å². The number of methoxy groups -OCH3 is 1. The lowest BCUT2D eigenvalue weighted by Crippen LogP contribution is -2.27. The van der Waals surface area contributed by atoms with E-state index in [-0.39, 0.29) is 6.10 Å². The van der Waals surface area contributed by atoms with Crippen molar-refractivity contribution in [3.8, 4) is 0 Å². The van der Waals surface area contributed by atoms with Crippen LogP contribution in [0, 0.1) is 5.92 Å². The van der Waals surface area contributed by atoms with Crippen molar-refractivity contribution >= 4 is 0 Å². The van der Waals surface area contributed by atoms with Crippen molar-refractivity contribution in [1.29, 1.82) is 0 Å². The van der Waals surface area contributed by atoms with Crippen molar-refractivity contribution < 1.29 is 4.74 Å². The van der Waals surface area contributed by atoms with Gasteiger partial charge in [0.25, 0.3) is 0 Å². The molecule has 0 aliphatic carbocycles. The Morgan fingerprint density at radius 2 is 1.63 bits per heavy atom. The lowest BCUT2D eigenvalue weighted by Gasteiger charge is -2.16. The second-order valence-corrected chi connectivity index (χ2v) is 5.29. The largest absolute Gasteiger partial charge is 0.375 e. The summed E-state index contributed by atoms with van der Waals surface area (Å²) in [7, 11) is 1.77. The van der Waals surface area contributed by atoms with Crippen LogP contribution < -0.4 is 10.6 Å². The lowest BCUT2D eigenvalue weighted by molar-refractivity contribution is 0.102. The fourth-order valence-corrected chi connectivity index (χ4v) is 1.97. The zero-order valence-corrected chi connectivity index (χ0v) is 12.5. The Morgan fingerprint density at radius 1 is 1.00 bits per heavy atom. The summed E-state index contributed by atoms with van der Waals surface area (Å²) in [5.41, 5.74) is 1.23. The fraction of sp³-hybridized carbons (Fsp3) is 0.625. The predicted molar refractivity (Wildman–Crippen MR) is 81.4 cm³/mol. The van der Waals surface area contributed by atoms with Crippen LogP contribution in [0.2, 0.25) is 0 Å². The van der Waals surface area contributed by atoms with Crippen LogP contribution in [-0.2, 0) is 4.74 Å². The zero-order valence-electron chi connectivity index (χ0n) is 12.5. The first-order valence-corrected chi connectivity index (χ1v) is 7.23. The zero-order chi connectivity index (χ0) is 13.9. The second kappa shape index (κ2) is 9.96. The molecule has 2 N–H and O–H groups in total. The van der Waals surface area contributed by atoms with Crippen molar-refractivity contribution in [3.05, 3.63) is 35.9 Å². The molecular weight excluding hydrogens is 236 g/mol. The standard InChI is InChI=1S/C16H28N2O/c1-14(2)12-17-10-7-11-18-13-16(19-3)15-8-5-4-6-9-15/h4-6,8-9,14,16-18H,7,10-13H2,1-3H3. The summed E-state index contributed by atoms with van der Waals surface area (Å²) in [5.74, 6) is 0.726. The Balaban J connectivity index is 2.10. The number of rotatable bonds is 10. The molecule has 1 aromatic carbocycles. The molecule has 1 aromatic rings. The summed E-state index contributed by atoms with van der Waals surface area (Å²) in [4.78, 5) is 0. The fourth-order valence-electron chi connectivity index (χ4n) is 1.97. The molecule has 0 amide bonds. The Morgan fingerprint density at radius 3 is 2.21 bits per heavy atom. The molecule has 3 heteroatoms. The van der Waals surface area contributed by atoms with Gasteiger partial charge in [-0.1, -0.05) is 44.2 Å². The van der Waals surface area contributed by atoms with Crippen LogP contribution in [0.15, 0.2) is 30.3 Å². The van der Waals surface area contributed by atoms with Gasteiger partial charge in [0.2, 0.25) is 0 Å². The van der Waals surface area contributed by atoms with Gasteiger partial charge < -0.3 is 15.4 Å². The predicted octanol–water partition coefficient (Wildman–Crippen LogP) is 2.60. The lowest BCUT2D eigenvalue weighted by atomic mass is 10.1. The van der Waals surface area contributed by atoms with Crippen molar-refractivity contribution in [1.82, 2.24) is 10.6 Å². The Kier molecular flexibility index (Phi) is 8.47. The quantitative estimate of drug-likeness (QED) is 0.637. The van der Waals surface area contributed by atoms with Crippen LogP contribution in [0.5, 0.6) is 0 Å². The first-order chi connectivity index (χ1) is 9.24. The van der Waals surface area contributed by atoms with Gasteiger partial charge in [0.1, 0.15) is 0 Å². The van der Waals surface area contributed by atoms with Crippen LogP contribution in [0.1, 0.15) is 31.9 Å². The summed E-state index contributed by atoms with van der Waals surface area (Å²) in [6.45, 7) is 8.53. The molecule has 0 bridgehead atoms. The van der Waals surface area contributed by atoms with Gasteiger partial charge in [-0.3, -0.25) is 0 Å². The van der Waals surface area contributed by atoms with Gasteiger partial charge in [-0.05, 0) is 37.5 Å². The maximum Gasteiger partial charge on any atom is 0.0945 e. The molecule has 0 aliphatic rings. The third-order valence-corrected chi connectivity index (χ3v) is 3.05. The molecule has 19 heavy (non-hydrogen) atoms. The molecule has 1 unspecified atom stereocenters. The number of hydrogen-bond donors (Lipinski definition) is 2. The average molecular weight is 264 g/mol. The molecule has 1 rings (SSSR count). The highest BCUT2D eigenvalue weighted by Crippen LogP contribution is 2.14. The van der Waals surface area contributed by atoms with Gasteiger partial charge in [-0.2, -0.15) is 0 Å². The van der Waals surface area contributed by atoms with E-state index < -0.39 is 0 Å². The molecule has 0 saturated heterocycles. The average Bonchev–Trinajstić information content (AvgIpc) is 2.42. The Labute approximate surface area is 117 Å². The summed E-state index contributed by atoms with van der Waals surface area (Å²) >= 11 is 0. The molecule has 1 atom stereocenters. The van der Waals surface area contributed by atoms with E-state index in [1.165, 1.54) is 5.56 Å². The van der Waals surface area contributed by atoms with E-state index >= 15 is 0 Å². The monoisotopic (exact) mass is 264 g/mol. The van der Waals surface area contributed by atoms with E-state index in [2.05, 4.69) is 48.7 Å². The second-order valence-electron chi connectivity index (χ2n) is 5.29. The molecule has 108 valence electrons. The number of nitrogens with one attached hydrogen (secondary N) is 2. The van der Waals surface area contributed by atoms with Gasteiger partial charge in [-0.15, -0.1) is 0 Å². The molecule has 3 nitrogen and oxygen atoms in total. The summed E-state index contributed by atoms with van der Waals surface area (Å²) in [6.07, 6.45) is 1.29. The minimum absolute atomic E-state index is 0.143. The molecule has 0 radical (unpaired) electrons. The molecule has 0 saturated carbocycles. The minimum Gasteiger partial charge on any atom is -0.375 e. The molecule has 0 heterocycles. The first kappa shape index (κ1) is 16.2. The van der Waals surface area contributed by atoms with Crippen molar-refractivity contribution in [2.75, 3.05) is 33.3 Å². The van der Waals surface area contributed by atoms with E-state index in [0.29, 0.717) is 0 Å². The van der Waals surface area contributed by atoms with E-state index in [0.717, 1.165) is 38.5 Å². The maximum atomic E-state index is 5.52. The highest BCUT2D eigenvalue weighted by molar-refractivity contribution is 5.17. The summed E-state index contributed by atoms with van der Waals surface area (Å²) in [6, 6.07) is 10.4. The first-order valence-electron chi connectivity index (χ1n) is 7.23. The smallest absolute Gasteiger partial charge is 0.0945 e. The van der Waals surface area contributed by atoms with E-state index in [4.69, 9.17) is 4.74 Å². The normalized spacial score (nSPS) is 12.8. The highest BCUT2D eigenvalue weighted by Gasteiger charge is 2.08. The van der Waals surface area contributed by atoms with Crippen LogP contribution in [0.25, 0.3) is 0 Å². The van der Waals surface area contributed by atoms with E-state index in [1.807, 2.05) is 6.07 Å². The number of benzene rings is 1. The SMILES string of the molecule is COC(CNCCCNCC(C)C)c1ccccc1. The highest BCUT2D eigenvalue weighted by atomic mass is 16.5. The minimum atomic E-state index is 0.143. The van der Waals surface area contributed by atoms with Crippen molar-refractivity contribution in [2.45, 2.75) is 26.4 Å². The topological polar surface area (TPSA) is 33.3 Å². The van der Waals surface area contributed by atoms with Gasteiger partial charge in [-0.25, -0.2) is 0 Å². The molecule has 0 fully saturated rings. The van der Waals surface area contributed by atoms with Crippen LogP contribution in [0.3, 0.4) is 0 Å². The molecule has 0 aromatic heterocycles. The summed E-state index contributed by atoms with van der Waals surface area (Å²) < 4.78 is 5.52. The maximum absolute atomic E-state index is 5.52. The van der Waals surface area contributed by atoms with Gasteiger partial charge in [0.15, 0.2) is 0 Å². The number of hydrogen-bond acceptors (Lipinski definition) is 3. The molecular formula is C16H28N2O. The van der Waals surface area contributed by atoms with Gasteiger partial charge >= 0.3 is 0 Å². The van der Waals surface area contributed by atoms with Crippen LogP contribution in [-0.4, -0.2) is 33.3 Å². The van der Waals surface area contributed by atoms with Gasteiger partial charge in [0.05, 0.1) is 6.10 Å². The van der Waals surface area contributed by atoms with E-state index in [9.17, 15) is 0 Å².